The Hall–Kier alpha value is -1.13. The summed E-state index contributed by atoms with van der Waals surface area (Å²) < 4.78 is 0. The number of piperidine rings is 1. The predicted octanol–water partition coefficient (Wildman–Crippen LogP) is 1.87. The summed E-state index contributed by atoms with van der Waals surface area (Å²) in [5.74, 6) is 1.15. The molecule has 0 aromatic carbocycles. The predicted molar refractivity (Wildman–Crippen MR) is 83.0 cm³/mol. The minimum absolute atomic E-state index is 0.741. The Morgan fingerprint density at radius 2 is 2.10 bits per heavy atom. The van der Waals surface area contributed by atoms with E-state index in [4.69, 9.17) is 0 Å². The van der Waals surface area contributed by atoms with Crippen LogP contribution in [0.2, 0.25) is 0 Å². The molecule has 1 atom stereocenters. The second kappa shape index (κ2) is 6.55. The standard InChI is InChI=1S/C16H26N4/c1-17-12-14-5-7-18-16(11-14)20-10-6-15(13-20)19-8-3-2-4-9-19/h5,7,11,15,17H,2-4,6,8-10,12-13H2,1H3. The van der Waals surface area contributed by atoms with Gasteiger partial charge in [-0.1, -0.05) is 6.42 Å². The third kappa shape index (κ3) is 3.13. The highest BCUT2D eigenvalue weighted by Gasteiger charge is 2.29. The Kier molecular flexibility index (Phi) is 4.53. The first kappa shape index (κ1) is 13.8. The lowest BCUT2D eigenvalue weighted by molar-refractivity contribution is 0.175. The molecular formula is C16H26N4. The van der Waals surface area contributed by atoms with Crippen molar-refractivity contribution in [2.24, 2.45) is 0 Å². The number of nitrogens with zero attached hydrogens (tertiary/aromatic N) is 3. The van der Waals surface area contributed by atoms with Gasteiger partial charge in [0.05, 0.1) is 0 Å². The lowest BCUT2D eigenvalue weighted by atomic mass is 10.1. The first-order chi connectivity index (χ1) is 9.86. The van der Waals surface area contributed by atoms with Crippen LogP contribution in [-0.2, 0) is 6.54 Å². The number of aromatic nitrogens is 1. The molecule has 1 unspecified atom stereocenters. The van der Waals surface area contributed by atoms with Crippen molar-refractivity contribution >= 4 is 5.82 Å². The zero-order valence-corrected chi connectivity index (χ0v) is 12.5. The molecule has 1 aromatic rings. The molecule has 2 fully saturated rings. The Bertz CT molecular complexity index is 428. The molecule has 3 heterocycles. The average Bonchev–Trinajstić information content (AvgIpc) is 2.99. The summed E-state index contributed by atoms with van der Waals surface area (Å²) in [7, 11) is 1.99. The van der Waals surface area contributed by atoms with Gasteiger partial charge in [-0.2, -0.15) is 0 Å². The van der Waals surface area contributed by atoms with Crippen molar-refractivity contribution < 1.29 is 0 Å². The molecule has 0 aliphatic carbocycles. The largest absolute Gasteiger partial charge is 0.355 e. The van der Waals surface area contributed by atoms with Crippen LogP contribution in [0.1, 0.15) is 31.2 Å². The van der Waals surface area contributed by atoms with Crippen LogP contribution in [0.5, 0.6) is 0 Å². The zero-order valence-electron chi connectivity index (χ0n) is 12.5. The highest BCUT2D eigenvalue weighted by molar-refractivity contribution is 5.42. The van der Waals surface area contributed by atoms with Crippen molar-refractivity contribution in [3.8, 4) is 0 Å². The average molecular weight is 274 g/mol. The van der Waals surface area contributed by atoms with E-state index in [1.807, 2.05) is 13.2 Å². The fraction of sp³-hybridized carbons (Fsp3) is 0.688. The molecule has 2 aliphatic rings. The number of hydrogen-bond acceptors (Lipinski definition) is 4. The van der Waals surface area contributed by atoms with Crippen LogP contribution in [-0.4, -0.2) is 49.2 Å². The van der Waals surface area contributed by atoms with E-state index < -0.39 is 0 Å². The molecule has 1 N–H and O–H groups in total. The van der Waals surface area contributed by atoms with Crippen molar-refractivity contribution in [3.63, 3.8) is 0 Å². The summed E-state index contributed by atoms with van der Waals surface area (Å²) in [6.45, 7) is 5.81. The fourth-order valence-corrected chi connectivity index (χ4v) is 3.48. The highest BCUT2D eigenvalue weighted by Crippen LogP contribution is 2.24. The SMILES string of the molecule is CNCc1ccnc(N2CCC(N3CCCCC3)C2)c1. The van der Waals surface area contributed by atoms with Crippen LogP contribution in [0, 0.1) is 0 Å². The van der Waals surface area contributed by atoms with E-state index in [2.05, 4.69) is 32.2 Å². The van der Waals surface area contributed by atoms with Crippen LogP contribution >= 0.6 is 0 Å². The van der Waals surface area contributed by atoms with Gasteiger partial charge in [0.15, 0.2) is 0 Å². The lowest BCUT2D eigenvalue weighted by Crippen LogP contribution is -2.40. The molecule has 0 spiro atoms. The molecular weight excluding hydrogens is 248 g/mol. The van der Waals surface area contributed by atoms with E-state index in [0.29, 0.717) is 0 Å². The van der Waals surface area contributed by atoms with Crippen LogP contribution in [0.25, 0.3) is 0 Å². The van der Waals surface area contributed by atoms with Gasteiger partial charge in [0.1, 0.15) is 5.82 Å². The second-order valence-corrected chi connectivity index (χ2v) is 6.04. The maximum absolute atomic E-state index is 4.56. The van der Waals surface area contributed by atoms with Gasteiger partial charge in [-0.3, -0.25) is 4.90 Å². The Labute approximate surface area is 122 Å². The van der Waals surface area contributed by atoms with Gasteiger partial charge < -0.3 is 10.2 Å². The maximum Gasteiger partial charge on any atom is 0.128 e. The van der Waals surface area contributed by atoms with Gasteiger partial charge in [0.2, 0.25) is 0 Å². The number of hydrogen-bond donors (Lipinski definition) is 1. The second-order valence-electron chi connectivity index (χ2n) is 6.04. The van der Waals surface area contributed by atoms with Gasteiger partial charge >= 0.3 is 0 Å². The Morgan fingerprint density at radius 1 is 1.25 bits per heavy atom. The summed E-state index contributed by atoms with van der Waals surface area (Å²) in [5, 5.41) is 3.21. The van der Waals surface area contributed by atoms with Crippen molar-refractivity contribution in [2.75, 3.05) is 38.1 Å². The molecule has 2 saturated heterocycles. The molecule has 4 heteroatoms. The van der Waals surface area contributed by atoms with Gasteiger partial charge in [-0.05, 0) is 57.1 Å². The number of nitrogens with one attached hydrogen (secondary N) is 1. The third-order valence-corrected chi connectivity index (χ3v) is 4.59. The summed E-state index contributed by atoms with van der Waals surface area (Å²) in [4.78, 5) is 9.72. The Morgan fingerprint density at radius 3 is 2.90 bits per heavy atom. The van der Waals surface area contributed by atoms with E-state index in [1.165, 1.54) is 44.3 Å². The molecule has 110 valence electrons. The molecule has 1 aromatic heterocycles. The Balaban J connectivity index is 1.62. The third-order valence-electron chi connectivity index (χ3n) is 4.59. The van der Waals surface area contributed by atoms with Gasteiger partial charge in [-0.15, -0.1) is 0 Å². The summed E-state index contributed by atoms with van der Waals surface area (Å²) in [6, 6.07) is 5.07. The van der Waals surface area contributed by atoms with Crippen molar-refractivity contribution in [3.05, 3.63) is 23.9 Å². The smallest absolute Gasteiger partial charge is 0.128 e. The van der Waals surface area contributed by atoms with Crippen molar-refractivity contribution in [1.82, 2.24) is 15.2 Å². The quantitative estimate of drug-likeness (QED) is 0.908. The molecule has 4 nitrogen and oxygen atoms in total. The molecule has 0 radical (unpaired) electrons. The molecule has 0 saturated carbocycles. The molecule has 3 rings (SSSR count). The van der Waals surface area contributed by atoms with Gasteiger partial charge in [-0.25, -0.2) is 4.98 Å². The molecule has 2 aliphatic heterocycles. The summed E-state index contributed by atoms with van der Waals surface area (Å²) >= 11 is 0. The number of pyridine rings is 1. The van der Waals surface area contributed by atoms with E-state index >= 15 is 0 Å². The van der Waals surface area contributed by atoms with Crippen LogP contribution < -0.4 is 10.2 Å². The summed E-state index contributed by atoms with van der Waals surface area (Å²) in [6.07, 6.45) is 7.41. The molecule has 20 heavy (non-hydrogen) atoms. The number of anilines is 1. The number of rotatable bonds is 4. The summed E-state index contributed by atoms with van der Waals surface area (Å²) in [5.41, 5.74) is 1.32. The lowest BCUT2D eigenvalue weighted by Gasteiger charge is -2.32. The van der Waals surface area contributed by atoms with Crippen LogP contribution in [0.4, 0.5) is 5.82 Å². The van der Waals surface area contributed by atoms with Crippen molar-refractivity contribution in [2.45, 2.75) is 38.3 Å². The first-order valence-electron chi connectivity index (χ1n) is 7.95. The molecule has 0 bridgehead atoms. The van der Waals surface area contributed by atoms with E-state index in [0.717, 1.165) is 31.5 Å². The topological polar surface area (TPSA) is 31.4 Å². The van der Waals surface area contributed by atoms with Gasteiger partial charge in [0, 0.05) is 31.9 Å². The monoisotopic (exact) mass is 274 g/mol. The van der Waals surface area contributed by atoms with E-state index in [9.17, 15) is 0 Å². The molecule has 0 amide bonds. The van der Waals surface area contributed by atoms with E-state index in [1.54, 1.807) is 0 Å². The van der Waals surface area contributed by atoms with Crippen molar-refractivity contribution in [1.29, 1.82) is 0 Å². The van der Waals surface area contributed by atoms with E-state index in [-0.39, 0.29) is 0 Å². The number of likely N-dealkylation sites (tertiary alicyclic amines) is 1. The minimum Gasteiger partial charge on any atom is -0.355 e. The maximum atomic E-state index is 4.56. The fourth-order valence-electron chi connectivity index (χ4n) is 3.48. The minimum atomic E-state index is 0.741. The van der Waals surface area contributed by atoms with Crippen LogP contribution in [0.15, 0.2) is 18.3 Å². The van der Waals surface area contributed by atoms with Crippen LogP contribution in [0.3, 0.4) is 0 Å². The highest BCUT2D eigenvalue weighted by atomic mass is 15.3. The van der Waals surface area contributed by atoms with Gasteiger partial charge in [0.25, 0.3) is 0 Å². The first-order valence-corrected chi connectivity index (χ1v) is 7.95. The normalized spacial score (nSPS) is 24.2. The zero-order chi connectivity index (χ0) is 13.8.